The summed E-state index contributed by atoms with van der Waals surface area (Å²) >= 11 is 5.96. The molecular formula is C20H21ClF3N5O3. The first kappa shape index (κ1) is 22.4. The molecule has 0 radical (unpaired) electrons. The van der Waals surface area contributed by atoms with Gasteiger partial charge in [0.25, 0.3) is 0 Å². The summed E-state index contributed by atoms with van der Waals surface area (Å²) in [5.41, 5.74) is 0.701. The van der Waals surface area contributed by atoms with Gasteiger partial charge < -0.3 is 15.1 Å². The van der Waals surface area contributed by atoms with Gasteiger partial charge in [0, 0.05) is 42.6 Å². The Morgan fingerprint density at radius 3 is 2.34 bits per heavy atom. The average molecular weight is 472 g/mol. The van der Waals surface area contributed by atoms with E-state index in [0.29, 0.717) is 42.5 Å². The number of benzene rings is 1. The van der Waals surface area contributed by atoms with Crippen molar-refractivity contribution in [3.63, 3.8) is 0 Å². The van der Waals surface area contributed by atoms with Gasteiger partial charge in [-0.2, -0.15) is 0 Å². The number of amides is 4. The van der Waals surface area contributed by atoms with E-state index in [2.05, 4.69) is 20.4 Å². The minimum absolute atomic E-state index is 0.124. The maximum Gasteiger partial charge on any atom is 0.522 e. The second-order valence-corrected chi connectivity index (χ2v) is 8.18. The SMILES string of the molecule is O=C(Nc1ccc2cc(Cl)ccc2n1)N1CCN(C(=O)NC2CC(OC(F)(F)F)C2)CC1. The molecule has 12 heteroatoms. The van der Waals surface area contributed by atoms with Crippen molar-refractivity contribution in [1.82, 2.24) is 20.1 Å². The van der Waals surface area contributed by atoms with Gasteiger partial charge >= 0.3 is 18.4 Å². The van der Waals surface area contributed by atoms with Gasteiger partial charge in [-0.25, -0.2) is 14.6 Å². The van der Waals surface area contributed by atoms with Crippen LogP contribution in [0.1, 0.15) is 12.8 Å². The summed E-state index contributed by atoms with van der Waals surface area (Å²) in [4.78, 5) is 32.4. The average Bonchev–Trinajstić information content (AvgIpc) is 2.71. The van der Waals surface area contributed by atoms with Crippen LogP contribution >= 0.6 is 11.6 Å². The summed E-state index contributed by atoms with van der Waals surface area (Å²) in [5.74, 6) is 0.408. The summed E-state index contributed by atoms with van der Waals surface area (Å²) in [7, 11) is 0. The van der Waals surface area contributed by atoms with Crippen LogP contribution in [0.25, 0.3) is 10.9 Å². The monoisotopic (exact) mass is 471 g/mol. The molecular weight excluding hydrogens is 451 g/mol. The molecule has 2 aliphatic rings. The van der Waals surface area contributed by atoms with Gasteiger partial charge in [-0.05, 0) is 43.2 Å². The van der Waals surface area contributed by atoms with E-state index in [4.69, 9.17) is 11.6 Å². The fraction of sp³-hybridized carbons (Fsp3) is 0.450. The molecule has 1 aromatic carbocycles. The second-order valence-electron chi connectivity index (χ2n) is 7.74. The fourth-order valence-electron chi connectivity index (χ4n) is 3.70. The summed E-state index contributed by atoms with van der Waals surface area (Å²) in [6.45, 7) is 1.29. The molecule has 2 fully saturated rings. The number of hydrogen-bond donors (Lipinski definition) is 2. The number of rotatable bonds is 3. The number of ether oxygens (including phenoxy) is 1. The molecule has 1 saturated heterocycles. The van der Waals surface area contributed by atoms with Crippen molar-refractivity contribution in [2.24, 2.45) is 0 Å². The number of pyridine rings is 1. The van der Waals surface area contributed by atoms with E-state index in [9.17, 15) is 22.8 Å². The zero-order chi connectivity index (χ0) is 22.9. The first-order valence-electron chi connectivity index (χ1n) is 10.1. The van der Waals surface area contributed by atoms with Gasteiger partial charge in [-0.3, -0.25) is 10.1 Å². The number of piperazine rings is 1. The zero-order valence-corrected chi connectivity index (χ0v) is 17.6. The number of nitrogens with zero attached hydrogens (tertiary/aromatic N) is 3. The van der Waals surface area contributed by atoms with Crippen LogP contribution in [0.15, 0.2) is 30.3 Å². The number of alkyl halides is 3. The Morgan fingerprint density at radius 1 is 1.03 bits per heavy atom. The Labute approximate surface area is 186 Å². The van der Waals surface area contributed by atoms with Gasteiger partial charge in [0.1, 0.15) is 5.82 Å². The number of urea groups is 2. The smallest absolute Gasteiger partial charge is 0.335 e. The normalized spacial score (nSPS) is 21.2. The number of hydrogen-bond acceptors (Lipinski definition) is 4. The van der Waals surface area contributed by atoms with Crippen molar-refractivity contribution in [1.29, 1.82) is 0 Å². The predicted octanol–water partition coefficient (Wildman–Crippen LogP) is 3.81. The highest BCUT2D eigenvalue weighted by Gasteiger charge is 2.41. The third kappa shape index (κ3) is 5.52. The second kappa shape index (κ2) is 8.99. The predicted molar refractivity (Wildman–Crippen MR) is 111 cm³/mol. The van der Waals surface area contributed by atoms with Crippen LogP contribution in [0.3, 0.4) is 0 Å². The molecule has 0 unspecified atom stereocenters. The molecule has 0 bridgehead atoms. The lowest BCUT2D eigenvalue weighted by molar-refractivity contribution is -0.351. The van der Waals surface area contributed by atoms with E-state index in [0.717, 1.165) is 5.39 Å². The molecule has 0 spiro atoms. The molecule has 0 atom stereocenters. The van der Waals surface area contributed by atoms with Crippen molar-refractivity contribution in [2.75, 3.05) is 31.5 Å². The van der Waals surface area contributed by atoms with E-state index in [-0.39, 0.29) is 30.9 Å². The molecule has 1 aliphatic heterocycles. The number of aromatic nitrogens is 1. The Hall–Kier alpha value is -2.79. The topological polar surface area (TPSA) is 86.8 Å². The van der Waals surface area contributed by atoms with Crippen molar-refractivity contribution in [3.05, 3.63) is 35.4 Å². The standard InChI is InChI=1S/C20H21ClF3N5O3/c21-13-2-3-16-12(9-13)1-4-17(26-16)27-19(31)29-7-5-28(6-8-29)18(30)25-14-10-15(11-14)32-20(22,23)24/h1-4,9,14-15H,5-8,10-11H2,(H,25,30)(H,26,27,31). The number of nitrogens with one attached hydrogen (secondary N) is 2. The van der Waals surface area contributed by atoms with Gasteiger partial charge in [-0.15, -0.1) is 13.2 Å². The maximum absolute atomic E-state index is 12.5. The van der Waals surface area contributed by atoms with E-state index >= 15 is 0 Å². The lowest BCUT2D eigenvalue weighted by atomic mass is 9.89. The van der Waals surface area contributed by atoms with E-state index in [1.165, 1.54) is 0 Å². The van der Waals surface area contributed by atoms with E-state index in [1.807, 2.05) is 6.07 Å². The Morgan fingerprint density at radius 2 is 1.69 bits per heavy atom. The lowest BCUT2D eigenvalue weighted by Crippen LogP contribution is -2.57. The summed E-state index contributed by atoms with van der Waals surface area (Å²) in [6.07, 6.45) is -5.33. The zero-order valence-electron chi connectivity index (χ0n) is 16.9. The Bertz CT molecular complexity index is 1010. The van der Waals surface area contributed by atoms with E-state index in [1.54, 1.807) is 34.1 Å². The third-order valence-corrected chi connectivity index (χ3v) is 5.70. The highest BCUT2D eigenvalue weighted by atomic mass is 35.5. The van der Waals surface area contributed by atoms with Crippen molar-refractivity contribution >= 4 is 40.4 Å². The quantitative estimate of drug-likeness (QED) is 0.712. The third-order valence-electron chi connectivity index (χ3n) is 5.46. The highest BCUT2D eigenvalue weighted by Crippen LogP contribution is 2.30. The van der Waals surface area contributed by atoms with Crippen molar-refractivity contribution in [3.8, 4) is 0 Å². The number of fused-ring (bicyclic) bond motifs is 1. The number of anilines is 1. The van der Waals surface area contributed by atoms with Crippen molar-refractivity contribution < 1.29 is 27.5 Å². The molecule has 172 valence electrons. The number of carbonyl (C=O) groups excluding carboxylic acids is 2. The molecule has 2 heterocycles. The molecule has 1 aromatic heterocycles. The Balaban J connectivity index is 1.22. The van der Waals surface area contributed by atoms with Crippen LogP contribution in [0.5, 0.6) is 0 Å². The Kier molecular flexibility index (Phi) is 6.29. The summed E-state index contributed by atoms with van der Waals surface area (Å²) in [5, 5.41) is 6.92. The highest BCUT2D eigenvalue weighted by molar-refractivity contribution is 6.31. The molecule has 2 N–H and O–H groups in total. The van der Waals surface area contributed by atoms with Crippen LogP contribution in [0.4, 0.5) is 28.6 Å². The van der Waals surface area contributed by atoms with Crippen LogP contribution in [0, 0.1) is 0 Å². The molecule has 1 aliphatic carbocycles. The van der Waals surface area contributed by atoms with Crippen LogP contribution in [0.2, 0.25) is 5.02 Å². The largest absolute Gasteiger partial charge is 0.522 e. The molecule has 4 amide bonds. The summed E-state index contributed by atoms with van der Waals surface area (Å²) < 4.78 is 40.4. The van der Waals surface area contributed by atoms with Gasteiger partial charge in [-0.1, -0.05) is 11.6 Å². The number of carbonyl (C=O) groups is 2. The van der Waals surface area contributed by atoms with Crippen LogP contribution < -0.4 is 10.6 Å². The van der Waals surface area contributed by atoms with Crippen LogP contribution in [-0.2, 0) is 4.74 Å². The molecule has 4 rings (SSSR count). The number of halogens is 4. The molecule has 2 aromatic rings. The molecule has 8 nitrogen and oxygen atoms in total. The first-order chi connectivity index (χ1) is 15.2. The maximum atomic E-state index is 12.5. The van der Waals surface area contributed by atoms with Gasteiger partial charge in [0.15, 0.2) is 0 Å². The minimum atomic E-state index is -4.66. The van der Waals surface area contributed by atoms with Crippen LogP contribution in [-0.4, -0.2) is 71.5 Å². The summed E-state index contributed by atoms with van der Waals surface area (Å²) in [6, 6.07) is 7.76. The lowest BCUT2D eigenvalue weighted by Gasteiger charge is -2.39. The molecule has 32 heavy (non-hydrogen) atoms. The van der Waals surface area contributed by atoms with Crippen molar-refractivity contribution in [2.45, 2.75) is 31.3 Å². The minimum Gasteiger partial charge on any atom is -0.335 e. The van der Waals surface area contributed by atoms with Gasteiger partial charge in [0.2, 0.25) is 0 Å². The first-order valence-corrected chi connectivity index (χ1v) is 10.5. The van der Waals surface area contributed by atoms with Gasteiger partial charge in [0.05, 0.1) is 11.6 Å². The fourth-order valence-corrected chi connectivity index (χ4v) is 3.88. The van der Waals surface area contributed by atoms with E-state index < -0.39 is 12.5 Å². The molecule has 1 saturated carbocycles.